The van der Waals surface area contributed by atoms with Gasteiger partial charge >= 0.3 is 0 Å². The predicted octanol–water partition coefficient (Wildman–Crippen LogP) is 4.08. The molecule has 3 saturated carbocycles. The van der Waals surface area contributed by atoms with Crippen LogP contribution in [0.25, 0.3) is 22.3 Å². The number of rotatable bonds is 8. The van der Waals surface area contributed by atoms with Crippen molar-refractivity contribution in [3.05, 3.63) is 54.1 Å². The molecule has 2 N–H and O–H groups in total. The fourth-order valence-electron chi connectivity index (χ4n) is 7.52. The van der Waals surface area contributed by atoms with E-state index in [1.54, 1.807) is 26.2 Å². The Morgan fingerprint density at radius 2 is 1.75 bits per heavy atom. The Kier molecular flexibility index (Phi) is 9.62. The van der Waals surface area contributed by atoms with E-state index in [2.05, 4.69) is 10.0 Å². The van der Waals surface area contributed by atoms with Crippen LogP contribution in [-0.2, 0) is 24.4 Å². The monoisotopic (exact) mass is 731 g/mol. The van der Waals surface area contributed by atoms with E-state index >= 15 is 0 Å². The van der Waals surface area contributed by atoms with Crippen LogP contribution < -0.4 is 24.2 Å². The minimum absolute atomic E-state index is 0.173. The molecular weight excluding hydrogens is 687 g/mol. The second kappa shape index (κ2) is 14.0. The molecule has 2 heterocycles. The van der Waals surface area contributed by atoms with E-state index in [0.29, 0.717) is 53.5 Å². The first kappa shape index (κ1) is 35.7. The molecule has 7 rings (SSSR count). The number of aryl methyl sites for hydroxylation is 1. The zero-order valence-corrected chi connectivity index (χ0v) is 30.7. The first-order valence-corrected chi connectivity index (χ1v) is 19.4. The van der Waals surface area contributed by atoms with Crippen molar-refractivity contribution in [1.82, 2.24) is 24.9 Å². The molecule has 1 aliphatic heterocycles. The zero-order chi connectivity index (χ0) is 36.8. The molecular formula is C38H45N5O8S. The smallest absolute Gasteiger partial charge is 0.259 e. The molecule has 5 atom stereocenters. The average molecular weight is 732 g/mol. The number of carbonyl (C=O) groups excluding carboxylic acids is 3. The van der Waals surface area contributed by atoms with Gasteiger partial charge in [0, 0.05) is 30.6 Å². The number of benzene rings is 2. The van der Waals surface area contributed by atoms with Crippen molar-refractivity contribution in [2.45, 2.75) is 75.2 Å². The van der Waals surface area contributed by atoms with Gasteiger partial charge < -0.3 is 24.4 Å². The lowest BCUT2D eigenvalue weighted by molar-refractivity contribution is -0.140. The van der Waals surface area contributed by atoms with Crippen LogP contribution in [0.2, 0.25) is 0 Å². The minimum atomic E-state index is -3.84. The molecule has 14 heteroatoms. The largest absolute Gasteiger partial charge is 0.497 e. The number of ether oxygens (including phenoxy) is 3. The summed E-state index contributed by atoms with van der Waals surface area (Å²) in [6.45, 7) is 2.45. The van der Waals surface area contributed by atoms with Crippen molar-refractivity contribution in [1.29, 1.82) is 0 Å². The maximum Gasteiger partial charge on any atom is 0.259 e. The molecule has 4 aliphatic rings. The zero-order valence-electron chi connectivity index (χ0n) is 29.9. The fraction of sp³-hybridized carbons (Fsp3) is 0.500. The van der Waals surface area contributed by atoms with E-state index in [1.165, 1.54) is 0 Å². The second-order valence-corrected chi connectivity index (χ2v) is 16.4. The van der Waals surface area contributed by atoms with E-state index in [0.717, 1.165) is 30.4 Å². The van der Waals surface area contributed by atoms with Crippen LogP contribution in [0.1, 0.15) is 56.9 Å². The number of carbonyl (C=O) groups is 3. The maximum atomic E-state index is 14.3. The first-order valence-electron chi connectivity index (χ1n) is 17.9. The van der Waals surface area contributed by atoms with Crippen LogP contribution in [0.15, 0.2) is 48.6 Å². The van der Waals surface area contributed by atoms with Gasteiger partial charge in [0.05, 0.1) is 42.2 Å². The predicted molar refractivity (Wildman–Crippen MR) is 193 cm³/mol. The number of hydrogen-bond acceptors (Lipinski definition) is 10. The Labute approximate surface area is 303 Å². The molecule has 0 spiro atoms. The van der Waals surface area contributed by atoms with Gasteiger partial charge in [0.1, 0.15) is 23.1 Å². The van der Waals surface area contributed by atoms with Gasteiger partial charge in [-0.3, -0.25) is 19.1 Å². The van der Waals surface area contributed by atoms with Gasteiger partial charge in [-0.2, -0.15) is 4.98 Å². The van der Waals surface area contributed by atoms with Crippen LogP contribution in [0, 0.1) is 24.7 Å². The van der Waals surface area contributed by atoms with Crippen molar-refractivity contribution in [2.24, 2.45) is 17.8 Å². The highest BCUT2D eigenvalue weighted by molar-refractivity contribution is 7.91. The molecule has 0 radical (unpaired) electrons. The van der Waals surface area contributed by atoms with E-state index in [4.69, 9.17) is 24.2 Å². The van der Waals surface area contributed by atoms with Crippen molar-refractivity contribution in [2.75, 3.05) is 27.8 Å². The van der Waals surface area contributed by atoms with E-state index in [-0.39, 0.29) is 31.1 Å². The number of nitrogens with one attached hydrogen (secondary N) is 2. The third-order valence-corrected chi connectivity index (χ3v) is 12.7. The summed E-state index contributed by atoms with van der Waals surface area (Å²) in [5, 5.41) is 3.01. The van der Waals surface area contributed by atoms with Crippen LogP contribution in [0.4, 0.5) is 0 Å². The molecule has 2 aromatic carbocycles. The molecule has 276 valence electrons. The van der Waals surface area contributed by atoms with Gasteiger partial charge in [0.15, 0.2) is 5.82 Å². The normalized spacial score (nSPS) is 27.1. The van der Waals surface area contributed by atoms with Crippen molar-refractivity contribution in [3.63, 3.8) is 0 Å². The van der Waals surface area contributed by atoms with Crippen LogP contribution in [-0.4, -0.2) is 85.7 Å². The van der Waals surface area contributed by atoms with E-state index in [9.17, 15) is 22.8 Å². The molecule has 0 saturated heterocycles. The highest BCUT2D eigenvalue weighted by Crippen LogP contribution is 2.47. The standard InChI is InChI=1S/C38H45N5O8S/c1-22-31(50-4)17-16-28-32(22)39-33(23-10-12-25(49-3)13-11-23)40-35(28)51-26-19-29-30(20-26)36(45)43(2)18-8-6-5-7-9-24-21-38(24,41-34(29)44)37(46)42-52(47,48)27-14-15-27/h7,9-13,16-17,24,26-27,29-30H,5-6,8,14-15,18-21H2,1-4H3,(H,41,44)(H,42,46)/b9-7-/t24-,26+,29+,30+,38+/m0/s1. The summed E-state index contributed by atoms with van der Waals surface area (Å²) in [4.78, 5) is 53.3. The summed E-state index contributed by atoms with van der Waals surface area (Å²) in [7, 11) is 1.10. The molecule has 13 nitrogen and oxygen atoms in total. The Hall–Kier alpha value is -4.72. The first-order chi connectivity index (χ1) is 24.9. The molecule has 1 aromatic heterocycles. The second-order valence-electron chi connectivity index (χ2n) is 14.4. The quantitative estimate of drug-likeness (QED) is 0.323. The highest BCUT2D eigenvalue weighted by atomic mass is 32.2. The summed E-state index contributed by atoms with van der Waals surface area (Å²) >= 11 is 0. The number of amides is 3. The molecule has 3 aromatic rings. The topological polar surface area (TPSA) is 166 Å². The van der Waals surface area contributed by atoms with Gasteiger partial charge in [-0.15, -0.1) is 0 Å². The SMILES string of the molecule is COc1ccc(-c2nc(O[C@@H]3C[C@H]4C(=O)N[C@]5(C(=O)NS(=O)(=O)C6CC6)C[C@@H]5/C=C\CCCCN(C)C(=O)[C@@H]4C3)c3ccc(OC)c(C)c3n2)cc1. The fourth-order valence-corrected chi connectivity index (χ4v) is 8.88. The van der Waals surface area contributed by atoms with Gasteiger partial charge in [-0.05, 0) is 94.7 Å². The lowest BCUT2D eigenvalue weighted by atomic mass is 9.93. The third-order valence-electron chi connectivity index (χ3n) is 10.9. The number of allylic oxidation sites excluding steroid dienone is 1. The number of aromatic nitrogens is 2. The highest BCUT2D eigenvalue weighted by Gasteiger charge is 2.62. The van der Waals surface area contributed by atoms with E-state index < -0.39 is 50.6 Å². The summed E-state index contributed by atoms with van der Waals surface area (Å²) in [6.07, 6.45) is 7.36. The Morgan fingerprint density at radius 3 is 2.46 bits per heavy atom. The van der Waals surface area contributed by atoms with Gasteiger partial charge in [-0.1, -0.05) is 12.2 Å². The van der Waals surface area contributed by atoms with Crippen molar-refractivity contribution in [3.8, 4) is 28.8 Å². The molecule has 0 unspecified atom stereocenters. The molecule has 0 bridgehead atoms. The van der Waals surface area contributed by atoms with Crippen LogP contribution >= 0.6 is 0 Å². The number of hydrogen-bond donors (Lipinski definition) is 2. The number of methoxy groups -OCH3 is 2. The summed E-state index contributed by atoms with van der Waals surface area (Å²) in [5.41, 5.74) is 0.774. The van der Waals surface area contributed by atoms with Gasteiger partial charge in [-0.25, -0.2) is 13.4 Å². The Bertz CT molecular complexity index is 2030. The molecule has 3 aliphatic carbocycles. The lowest BCUT2D eigenvalue weighted by Gasteiger charge is -2.26. The van der Waals surface area contributed by atoms with Crippen LogP contribution in [0.5, 0.6) is 17.4 Å². The van der Waals surface area contributed by atoms with Gasteiger partial charge in [0.2, 0.25) is 27.7 Å². The summed E-state index contributed by atoms with van der Waals surface area (Å²) in [5.74, 6) is -1.21. The Balaban J connectivity index is 1.21. The number of nitrogens with zero attached hydrogens (tertiary/aromatic N) is 3. The molecule has 3 fully saturated rings. The lowest BCUT2D eigenvalue weighted by Crippen LogP contribution is -2.54. The van der Waals surface area contributed by atoms with Crippen molar-refractivity contribution >= 4 is 38.6 Å². The Morgan fingerprint density at radius 1 is 1.00 bits per heavy atom. The molecule has 3 amide bonds. The summed E-state index contributed by atoms with van der Waals surface area (Å²) < 4.78 is 45.4. The minimum Gasteiger partial charge on any atom is -0.497 e. The average Bonchev–Trinajstić information content (AvgIpc) is 4.06. The molecule has 52 heavy (non-hydrogen) atoms. The van der Waals surface area contributed by atoms with E-state index in [1.807, 2.05) is 55.5 Å². The van der Waals surface area contributed by atoms with Gasteiger partial charge in [0.25, 0.3) is 5.91 Å². The number of fused-ring (bicyclic) bond motifs is 3. The maximum absolute atomic E-state index is 14.3. The summed E-state index contributed by atoms with van der Waals surface area (Å²) in [6, 6.07) is 11.0. The van der Waals surface area contributed by atoms with Crippen LogP contribution in [0.3, 0.4) is 0 Å². The third kappa shape index (κ3) is 6.92. The van der Waals surface area contributed by atoms with Crippen molar-refractivity contribution < 1.29 is 37.0 Å². The number of sulfonamides is 1.